The smallest absolute Gasteiger partial charge is 0.279 e. The van der Waals surface area contributed by atoms with E-state index in [4.69, 9.17) is 4.74 Å². The molecule has 116 valence electrons. The molecule has 2 aromatic carbocycles. The topological polar surface area (TPSA) is 54.9 Å². The predicted molar refractivity (Wildman–Crippen MR) is 83.3 cm³/mol. The van der Waals surface area contributed by atoms with Gasteiger partial charge in [-0.1, -0.05) is 18.2 Å². The van der Waals surface area contributed by atoms with E-state index in [1.165, 1.54) is 6.07 Å². The molecule has 0 aliphatic carbocycles. The second-order valence-corrected chi connectivity index (χ2v) is 5.08. The summed E-state index contributed by atoms with van der Waals surface area (Å²) in [5.74, 6) is 0.142. The molecule has 5 heteroatoms. The van der Waals surface area contributed by atoms with Crippen molar-refractivity contribution in [3.05, 3.63) is 59.4 Å². The number of methoxy groups -OCH3 is 1. The Kier molecular flexibility index (Phi) is 5.49. The maximum atomic E-state index is 13.6. The number of carbonyl (C=O) groups is 1. The fourth-order valence-corrected chi connectivity index (χ4v) is 2.09. The quantitative estimate of drug-likeness (QED) is 0.855. The zero-order chi connectivity index (χ0) is 15.9. The first-order valence-electron chi connectivity index (χ1n) is 7.09. The van der Waals surface area contributed by atoms with Gasteiger partial charge in [0.25, 0.3) is 5.91 Å². The van der Waals surface area contributed by atoms with Crippen LogP contribution in [0.1, 0.15) is 11.1 Å². The number of hydrogen-bond donors (Lipinski definition) is 2. The molecule has 22 heavy (non-hydrogen) atoms. The van der Waals surface area contributed by atoms with E-state index in [2.05, 4.69) is 5.32 Å². The minimum Gasteiger partial charge on any atom is -0.497 e. The first-order valence-corrected chi connectivity index (χ1v) is 7.09. The SMILES string of the molecule is COc1cccc(C[NH2+]CC(=O)Nc2ccc(C)cc2F)c1. The van der Waals surface area contributed by atoms with Crippen LogP contribution in [0, 0.1) is 12.7 Å². The van der Waals surface area contributed by atoms with Gasteiger partial charge in [0.1, 0.15) is 18.1 Å². The summed E-state index contributed by atoms with van der Waals surface area (Å²) in [6.45, 7) is 2.68. The second-order valence-electron chi connectivity index (χ2n) is 5.08. The Morgan fingerprint density at radius 1 is 1.27 bits per heavy atom. The Hall–Kier alpha value is -2.40. The summed E-state index contributed by atoms with van der Waals surface area (Å²) in [4.78, 5) is 11.8. The normalized spacial score (nSPS) is 10.3. The minimum absolute atomic E-state index is 0.213. The van der Waals surface area contributed by atoms with Crippen molar-refractivity contribution >= 4 is 11.6 Å². The number of nitrogens with one attached hydrogen (secondary N) is 1. The molecule has 0 aliphatic heterocycles. The van der Waals surface area contributed by atoms with E-state index in [0.717, 1.165) is 16.9 Å². The number of benzene rings is 2. The lowest BCUT2D eigenvalue weighted by atomic mass is 10.2. The number of rotatable bonds is 6. The van der Waals surface area contributed by atoms with Gasteiger partial charge in [-0.25, -0.2) is 4.39 Å². The van der Waals surface area contributed by atoms with Gasteiger partial charge < -0.3 is 15.4 Å². The molecule has 3 N–H and O–H groups in total. The summed E-state index contributed by atoms with van der Waals surface area (Å²) >= 11 is 0. The lowest BCUT2D eigenvalue weighted by molar-refractivity contribution is -0.659. The van der Waals surface area contributed by atoms with Crippen LogP contribution in [0.25, 0.3) is 0 Å². The third kappa shape index (κ3) is 4.56. The van der Waals surface area contributed by atoms with Gasteiger partial charge in [-0.05, 0) is 36.8 Å². The van der Waals surface area contributed by atoms with Gasteiger partial charge in [-0.3, -0.25) is 4.79 Å². The van der Waals surface area contributed by atoms with Gasteiger partial charge in [0.05, 0.1) is 12.8 Å². The highest BCUT2D eigenvalue weighted by Crippen LogP contribution is 2.14. The van der Waals surface area contributed by atoms with E-state index >= 15 is 0 Å². The van der Waals surface area contributed by atoms with Crippen molar-refractivity contribution in [2.45, 2.75) is 13.5 Å². The highest BCUT2D eigenvalue weighted by atomic mass is 19.1. The number of quaternary nitrogens is 1. The molecule has 0 aliphatic rings. The van der Waals surface area contributed by atoms with Crippen molar-refractivity contribution in [2.75, 3.05) is 19.0 Å². The minimum atomic E-state index is -0.416. The van der Waals surface area contributed by atoms with E-state index in [9.17, 15) is 9.18 Å². The summed E-state index contributed by atoms with van der Waals surface area (Å²) in [6.07, 6.45) is 0. The van der Waals surface area contributed by atoms with Gasteiger partial charge in [0, 0.05) is 5.56 Å². The molecule has 0 saturated carbocycles. The maximum Gasteiger partial charge on any atom is 0.279 e. The number of anilines is 1. The van der Waals surface area contributed by atoms with Crippen molar-refractivity contribution in [3.63, 3.8) is 0 Å². The summed E-state index contributed by atoms with van der Waals surface area (Å²) in [6, 6.07) is 12.4. The van der Waals surface area contributed by atoms with Crippen LogP contribution in [0.15, 0.2) is 42.5 Å². The summed E-state index contributed by atoms with van der Waals surface area (Å²) in [7, 11) is 1.62. The van der Waals surface area contributed by atoms with Crippen LogP contribution in [0.3, 0.4) is 0 Å². The molecule has 0 fully saturated rings. The number of nitrogens with two attached hydrogens (primary N) is 1. The average molecular weight is 303 g/mol. The van der Waals surface area contributed by atoms with Crippen LogP contribution in [-0.2, 0) is 11.3 Å². The van der Waals surface area contributed by atoms with Crippen molar-refractivity contribution in [1.29, 1.82) is 0 Å². The van der Waals surface area contributed by atoms with Crippen LogP contribution in [-0.4, -0.2) is 19.6 Å². The van der Waals surface area contributed by atoms with E-state index in [1.54, 1.807) is 26.2 Å². The molecule has 2 aromatic rings. The van der Waals surface area contributed by atoms with Crippen LogP contribution in [0.2, 0.25) is 0 Å². The highest BCUT2D eigenvalue weighted by Gasteiger charge is 2.08. The van der Waals surface area contributed by atoms with E-state index in [0.29, 0.717) is 6.54 Å². The van der Waals surface area contributed by atoms with Crippen molar-refractivity contribution in [2.24, 2.45) is 0 Å². The highest BCUT2D eigenvalue weighted by molar-refractivity contribution is 5.91. The summed E-state index contributed by atoms with van der Waals surface area (Å²) in [5.41, 5.74) is 2.10. The number of amides is 1. The largest absolute Gasteiger partial charge is 0.497 e. The number of hydrogen-bond acceptors (Lipinski definition) is 2. The average Bonchev–Trinajstić information content (AvgIpc) is 2.50. The van der Waals surface area contributed by atoms with Crippen LogP contribution in [0.4, 0.5) is 10.1 Å². The molecule has 4 nitrogen and oxygen atoms in total. The maximum absolute atomic E-state index is 13.6. The van der Waals surface area contributed by atoms with Crippen LogP contribution < -0.4 is 15.4 Å². The summed E-state index contributed by atoms with van der Waals surface area (Å²) < 4.78 is 18.8. The molecular weight excluding hydrogens is 283 g/mol. The fourth-order valence-electron chi connectivity index (χ4n) is 2.09. The van der Waals surface area contributed by atoms with Crippen molar-refractivity contribution in [3.8, 4) is 5.75 Å². The van der Waals surface area contributed by atoms with E-state index < -0.39 is 5.82 Å². The van der Waals surface area contributed by atoms with E-state index in [1.807, 2.05) is 29.6 Å². The van der Waals surface area contributed by atoms with Crippen LogP contribution >= 0.6 is 0 Å². The molecule has 0 saturated heterocycles. The van der Waals surface area contributed by atoms with Gasteiger partial charge in [0.15, 0.2) is 6.54 Å². The molecule has 2 rings (SSSR count). The lowest BCUT2D eigenvalue weighted by Crippen LogP contribution is -2.84. The first kappa shape index (κ1) is 16.0. The van der Waals surface area contributed by atoms with E-state index in [-0.39, 0.29) is 18.1 Å². The lowest BCUT2D eigenvalue weighted by Gasteiger charge is -2.07. The Morgan fingerprint density at radius 2 is 2.09 bits per heavy atom. The fraction of sp³-hybridized carbons (Fsp3) is 0.235. The third-order valence-electron chi connectivity index (χ3n) is 3.24. The third-order valence-corrected chi connectivity index (χ3v) is 3.24. The Balaban J connectivity index is 1.82. The Bertz CT molecular complexity index is 659. The molecule has 0 aromatic heterocycles. The molecule has 0 radical (unpaired) electrons. The Morgan fingerprint density at radius 3 is 2.82 bits per heavy atom. The molecule has 0 heterocycles. The molecule has 0 atom stereocenters. The standard InChI is InChI=1S/C17H19FN2O2/c1-12-6-7-16(15(18)8-12)20-17(21)11-19-10-13-4-3-5-14(9-13)22-2/h3-9,19H,10-11H2,1-2H3,(H,20,21)/p+1. The summed E-state index contributed by atoms with van der Waals surface area (Å²) in [5, 5.41) is 4.43. The van der Waals surface area contributed by atoms with Gasteiger partial charge in [-0.15, -0.1) is 0 Å². The zero-order valence-electron chi connectivity index (χ0n) is 12.7. The van der Waals surface area contributed by atoms with Gasteiger partial charge in [-0.2, -0.15) is 0 Å². The van der Waals surface area contributed by atoms with Crippen molar-refractivity contribution < 1.29 is 19.2 Å². The first-order chi connectivity index (χ1) is 10.6. The molecule has 0 bridgehead atoms. The van der Waals surface area contributed by atoms with Crippen molar-refractivity contribution in [1.82, 2.24) is 0 Å². The number of aryl methyl sites for hydroxylation is 1. The van der Waals surface area contributed by atoms with Crippen LogP contribution in [0.5, 0.6) is 5.75 Å². The molecular formula is C17H20FN2O2+. The number of halogens is 1. The van der Waals surface area contributed by atoms with Gasteiger partial charge in [0.2, 0.25) is 0 Å². The number of carbonyl (C=O) groups excluding carboxylic acids is 1. The Labute approximate surface area is 129 Å². The zero-order valence-corrected chi connectivity index (χ0v) is 12.7. The molecule has 0 unspecified atom stereocenters. The second kappa shape index (κ2) is 7.56. The monoisotopic (exact) mass is 303 g/mol. The predicted octanol–water partition coefficient (Wildman–Crippen LogP) is 1.84. The van der Waals surface area contributed by atoms with Gasteiger partial charge >= 0.3 is 0 Å². The number of ether oxygens (including phenoxy) is 1. The molecule has 1 amide bonds. The molecule has 0 spiro atoms.